The molecule has 31 heavy (non-hydrogen) atoms. The van der Waals surface area contributed by atoms with Gasteiger partial charge in [0.25, 0.3) is 0 Å². The number of rotatable bonds is 6. The summed E-state index contributed by atoms with van der Waals surface area (Å²) in [5.41, 5.74) is 14.7. The largest absolute Gasteiger partial charge is 0.326 e. The van der Waals surface area contributed by atoms with Crippen LogP contribution < -0.4 is 5.73 Å². The molecule has 0 spiro atoms. The molecule has 3 rings (SSSR count). The van der Waals surface area contributed by atoms with Crippen molar-refractivity contribution >= 4 is 36.6 Å². The van der Waals surface area contributed by atoms with Crippen LogP contribution in [0.4, 0.5) is 0 Å². The molecule has 0 aliphatic carbocycles. The maximum absolute atomic E-state index is 6.30. The first-order valence-electron chi connectivity index (χ1n) is 9.94. The second-order valence-corrected chi connectivity index (χ2v) is 9.74. The monoisotopic (exact) mass is 481 g/mol. The van der Waals surface area contributed by atoms with E-state index < -0.39 is 0 Å². The molecule has 3 aromatic rings. The third-order valence-electron chi connectivity index (χ3n) is 4.95. The summed E-state index contributed by atoms with van der Waals surface area (Å²) in [5.74, 6) is 0.775. The molecular formula is C23H33Cl2N5S. The summed E-state index contributed by atoms with van der Waals surface area (Å²) in [4.78, 5) is 5.02. The fourth-order valence-electron chi connectivity index (χ4n) is 3.50. The van der Waals surface area contributed by atoms with Crippen molar-refractivity contribution in [1.29, 1.82) is 0 Å². The quantitative estimate of drug-likeness (QED) is 0.458. The highest BCUT2D eigenvalue weighted by Crippen LogP contribution is 2.36. The van der Waals surface area contributed by atoms with E-state index in [1.807, 2.05) is 11.6 Å². The second-order valence-electron chi connectivity index (χ2n) is 8.80. The van der Waals surface area contributed by atoms with Gasteiger partial charge in [0.15, 0.2) is 5.16 Å². The van der Waals surface area contributed by atoms with Crippen LogP contribution in [0.3, 0.4) is 0 Å². The third kappa shape index (κ3) is 6.69. The Kier molecular flexibility index (Phi) is 10.0. The Balaban J connectivity index is 0.00000240. The first-order chi connectivity index (χ1) is 13.7. The molecule has 0 aliphatic heterocycles. The van der Waals surface area contributed by atoms with Gasteiger partial charge in [-0.3, -0.25) is 4.98 Å². The van der Waals surface area contributed by atoms with Gasteiger partial charge in [0.05, 0.1) is 0 Å². The van der Waals surface area contributed by atoms with E-state index in [1.54, 1.807) is 18.1 Å². The number of pyridine rings is 1. The van der Waals surface area contributed by atoms with Gasteiger partial charge in [-0.2, -0.15) is 0 Å². The molecular weight excluding hydrogens is 449 g/mol. The minimum Gasteiger partial charge on any atom is -0.326 e. The molecule has 0 radical (unpaired) electrons. The van der Waals surface area contributed by atoms with Crippen molar-refractivity contribution in [3.05, 3.63) is 58.7 Å². The Morgan fingerprint density at radius 2 is 1.68 bits per heavy atom. The molecule has 1 aromatic carbocycles. The van der Waals surface area contributed by atoms with Gasteiger partial charge in [-0.15, -0.1) is 35.0 Å². The van der Waals surface area contributed by atoms with Crippen LogP contribution >= 0.6 is 36.6 Å². The fraction of sp³-hybridized carbons (Fsp3) is 0.435. The van der Waals surface area contributed by atoms with Gasteiger partial charge in [0.1, 0.15) is 6.33 Å². The minimum atomic E-state index is 0. The van der Waals surface area contributed by atoms with Crippen LogP contribution in [0.15, 0.2) is 35.7 Å². The lowest BCUT2D eigenvalue weighted by atomic mass is 9.85. The highest BCUT2D eigenvalue weighted by molar-refractivity contribution is 7.98. The lowest BCUT2D eigenvalue weighted by Gasteiger charge is -2.24. The maximum atomic E-state index is 6.30. The van der Waals surface area contributed by atoms with Gasteiger partial charge in [0, 0.05) is 30.7 Å². The number of nitrogens with two attached hydrogens (primary N) is 1. The van der Waals surface area contributed by atoms with E-state index in [9.17, 15) is 0 Å². The summed E-state index contributed by atoms with van der Waals surface area (Å²) in [6.07, 6.45) is 2.63. The van der Waals surface area contributed by atoms with Crippen LogP contribution in [0, 0.1) is 19.3 Å². The molecule has 0 amide bonds. The number of aryl methyl sites for hydroxylation is 3. The van der Waals surface area contributed by atoms with E-state index in [4.69, 9.17) is 10.7 Å². The molecule has 0 saturated heterocycles. The average molecular weight is 483 g/mol. The fourth-order valence-corrected chi connectivity index (χ4v) is 4.48. The van der Waals surface area contributed by atoms with Gasteiger partial charge in [-0.25, -0.2) is 0 Å². The lowest BCUT2D eigenvalue weighted by Crippen LogP contribution is -2.17. The summed E-state index contributed by atoms with van der Waals surface area (Å²) in [6.45, 7) is 11.4. The zero-order valence-electron chi connectivity index (χ0n) is 19.1. The maximum Gasteiger partial charge on any atom is 0.191 e. The zero-order valence-corrected chi connectivity index (χ0v) is 21.5. The highest BCUT2D eigenvalue weighted by atomic mass is 35.5. The number of hydrogen-bond donors (Lipinski definition) is 1. The number of aromatic nitrogens is 4. The molecule has 0 bridgehead atoms. The van der Waals surface area contributed by atoms with Gasteiger partial charge < -0.3 is 10.3 Å². The topological polar surface area (TPSA) is 69.6 Å². The molecule has 0 fully saturated rings. The van der Waals surface area contributed by atoms with Crippen molar-refractivity contribution in [2.45, 2.75) is 58.5 Å². The normalized spacial score (nSPS) is 11.1. The van der Waals surface area contributed by atoms with Crippen molar-refractivity contribution in [2.24, 2.45) is 18.2 Å². The number of thioether (sulfide) groups is 1. The van der Waals surface area contributed by atoms with Gasteiger partial charge in [-0.05, 0) is 47.9 Å². The van der Waals surface area contributed by atoms with Gasteiger partial charge >= 0.3 is 0 Å². The molecule has 2 heterocycles. The Bertz CT molecular complexity index is 994. The number of hydrogen-bond acceptors (Lipinski definition) is 5. The lowest BCUT2D eigenvalue weighted by molar-refractivity contribution is 0.404. The van der Waals surface area contributed by atoms with Crippen LogP contribution in [0.25, 0.3) is 11.1 Å². The molecule has 170 valence electrons. The molecule has 5 nitrogen and oxygen atoms in total. The predicted molar refractivity (Wildman–Crippen MR) is 135 cm³/mol. The molecule has 0 aliphatic rings. The van der Waals surface area contributed by atoms with E-state index in [2.05, 4.69) is 69.1 Å². The number of benzene rings is 1. The first kappa shape index (κ1) is 27.4. The average Bonchev–Trinajstić information content (AvgIpc) is 3.05. The zero-order chi connectivity index (χ0) is 21.2. The summed E-state index contributed by atoms with van der Waals surface area (Å²) in [5, 5.41) is 9.10. The summed E-state index contributed by atoms with van der Waals surface area (Å²) >= 11 is 1.68. The number of halogens is 2. The van der Waals surface area contributed by atoms with E-state index in [0.29, 0.717) is 6.54 Å². The van der Waals surface area contributed by atoms with Gasteiger partial charge in [0.2, 0.25) is 0 Å². The Morgan fingerprint density at radius 3 is 2.19 bits per heavy atom. The van der Waals surface area contributed by atoms with Crippen LogP contribution in [-0.2, 0) is 25.8 Å². The second kappa shape index (κ2) is 11.3. The van der Waals surface area contributed by atoms with Crippen molar-refractivity contribution in [2.75, 3.05) is 0 Å². The molecule has 2 aromatic heterocycles. The summed E-state index contributed by atoms with van der Waals surface area (Å²) < 4.78 is 1.94. The van der Waals surface area contributed by atoms with E-state index in [0.717, 1.165) is 34.3 Å². The predicted octanol–water partition coefficient (Wildman–Crippen LogP) is 5.68. The Morgan fingerprint density at radius 1 is 1.03 bits per heavy atom. The van der Waals surface area contributed by atoms with E-state index >= 15 is 0 Å². The molecule has 8 heteroatoms. The third-order valence-corrected chi connectivity index (χ3v) is 6.01. The number of nitrogens with zero attached hydrogens (tertiary/aromatic N) is 4. The summed E-state index contributed by atoms with van der Waals surface area (Å²) in [7, 11) is 1.96. The van der Waals surface area contributed by atoms with E-state index in [1.165, 1.54) is 22.3 Å². The van der Waals surface area contributed by atoms with Crippen molar-refractivity contribution < 1.29 is 0 Å². The van der Waals surface area contributed by atoms with Gasteiger partial charge in [-0.1, -0.05) is 62.4 Å². The van der Waals surface area contributed by atoms with Crippen LogP contribution in [0.2, 0.25) is 0 Å². The first-order valence-corrected chi connectivity index (χ1v) is 10.9. The standard InChI is InChI=1S/C23H31N5S.2ClH/c1-15-7-9-17(10-8-15)21-18(12-24)20(11-23(3,4)5)26-16(2)19(21)13-29-22-27-25-14-28(22)6;;/h7-10,14H,11-13,24H2,1-6H3;2*1H. The van der Waals surface area contributed by atoms with E-state index in [-0.39, 0.29) is 30.2 Å². The molecule has 0 unspecified atom stereocenters. The van der Waals surface area contributed by atoms with Crippen LogP contribution in [0.5, 0.6) is 0 Å². The Hall–Kier alpha value is -1.60. The van der Waals surface area contributed by atoms with Crippen molar-refractivity contribution in [3.8, 4) is 11.1 Å². The van der Waals surface area contributed by atoms with Crippen molar-refractivity contribution in [3.63, 3.8) is 0 Å². The van der Waals surface area contributed by atoms with Crippen LogP contribution in [0.1, 0.15) is 48.8 Å². The SMILES string of the molecule is Cc1ccc(-c2c(CSc3nncn3C)c(C)nc(CC(C)(C)C)c2CN)cc1.Cl.Cl. The summed E-state index contributed by atoms with van der Waals surface area (Å²) in [6, 6.07) is 8.71. The molecule has 0 saturated carbocycles. The molecule has 2 N–H and O–H groups in total. The highest BCUT2D eigenvalue weighted by Gasteiger charge is 2.22. The molecule has 0 atom stereocenters. The smallest absolute Gasteiger partial charge is 0.191 e. The minimum absolute atomic E-state index is 0. The van der Waals surface area contributed by atoms with Crippen molar-refractivity contribution in [1.82, 2.24) is 19.7 Å². The van der Waals surface area contributed by atoms with Crippen LogP contribution in [-0.4, -0.2) is 19.7 Å². The Labute approximate surface area is 202 Å².